The van der Waals surface area contributed by atoms with Crippen LogP contribution in [0.5, 0.6) is 0 Å². The van der Waals surface area contributed by atoms with Crippen molar-refractivity contribution >= 4 is 46.1 Å². The Morgan fingerprint density at radius 1 is 1.19 bits per heavy atom. The van der Waals surface area contributed by atoms with Gasteiger partial charge in [0.15, 0.2) is 0 Å². The summed E-state index contributed by atoms with van der Waals surface area (Å²) < 4.78 is 2.05. The van der Waals surface area contributed by atoms with Gasteiger partial charge in [-0.05, 0) is 42.5 Å². The number of halogens is 1. The number of rotatable bonds is 3. The molecule has 0 bridgehead atoms. The quantitative estimate of drug-likeness (QED) is 0.519. The minimum absolute atomic E-state index is 0.0210. The van der Waals surface area contributed by atoms with Crippen LogP contribution < -0.4 is 5.48 Å². The first kappa shape index (κ1) is 17.9. The molecule has 1 aliphatic heterocycles. The summed E-state index contributed by atoms with van der Waals surface area (Å²) in [6.45, 7) is 1.39. The van der Waals surface area contributed by atoms with Crippen LogP contribution in [-0.2, 0) is 6.54 Å². The van der Waals surface area contributed by atoms with Crippen molar-refractivity contribution in [3.8, 4) is 0 Å². The number of amides is 2. The Morgan fingerprint density at radius 2 is 1.93 bits per heavy atom. The molecule has 0 spiro atoms. The van der Waals surface area contributed by atoms with Gasteiger partial charge in [-0.15, -0.1) is 0 Å². The molecule has 3 aromatic rings. The number of hydroxylamine groups is 1. The van der Waals surface area contributed by atoms with E-state index in [-0.39, 0.29) is 5.91 Å². The fraction of sp³-hybridized carbons (Fsp3) is 0.158. The minimum atomic E-state index is -0.568. The molecule has 6 nitrogen and oxygen atoms in total. The molecule has 2 amide bonds. The van der Waals surface area contributed by atoms with Crippen LogP contribution in [-0.4, -0.2) is 40.1 Å². The predicted molar refractivity (Wildman–Crippen MR) is 104 cm³/mol. The summed E-state index contributed by atoms with van der Waals surface area (Å²) in [5.74, 6) is -0.589. The van der Waals surface area contributed by atoms with Gasteiger partial charge in [0.05, 0.1) is 4.90 Å². The van der Waals surface area contributed by atoms with Crippen LogP contribution in [0, 0.1) is 0 Å². The fourth-order valence-electron chi connectivity index (χ4n) is 3.23. The van der Waals surface area contributed by atoms with E-state index in [0.717, 1.165) is 27.2 Å². The van der Waals surface area contributed by atoms with Gasteiger partial charge >= 0.3 is 0 Å². The van der Waals surface area contributed by atoms with Gasteiger partial charge in [-0.2, -0.15) is 0 Å². The maximum absolute atomic E-state index is 12.8. The lowest BCUT2D eigenvalue weighted by molar-refractivity contribution is 0.0705. The number of aromatic nitrogens is 1. The number of nitrogens with one attached hydrogen (secondary N) is 1. The maximum Gasteiger partial charge on any atom is 0.274 e. The molecular weight excluding hydrogens is 386 g/mol. The van der Waals surface area contributed by atoms with Crippen LogP contribution >= 0.6 is 23.4 Å². The molecule has 0 saturated heterocycles. The summed E-state index contributed by atoms with van der Waals surface area (Å²) in [7, 11) is 1.80. The van der Waals surface area contributed by atoms with Gasteiger partial charge in [0.1, 0.15) is 5.69 Å². The molecule has 0 radical (unpaired) electrons. The number of carbonyl (C=O) groups is 2. The zero-order valence-corrected chi connectivity index (χ0v) is 16.0. The highest BCUT2D eigenvalue weighted by molar-refractivity contribution is 7.99. The van der Waals surface area contributed by atoms with Crippen molar-refractivity contribution in [1.29, 1.82) is 0 Å². The summed E-state index contributed by atoms with van der Waals surface area (Å²) in [4.78, 5) is 27.8. The van der Waals surface area contributed by atoms with E-state index in [9.17, 15) is 9.59 Å². The topological polar surface area (TPSA) is 74.6 Å². The number of hydrogen-bond acceptors (Lipinski definition) is 4. The average molecular weight is 402 g/mol. The Balaban J connectivity index is 1.82. The third-order valence-corrected chi connectivity index (χ3v) is 5.99. The Morgan fingerprint density at radius 3 is 2.63 bits per heavy atom. The van der Waals surface area contributed by atoms with E-state index in [0.29, 0.717) is 22.8 Å². The highest BCUT2D eigenvalue weighted by Gasteiger charge is 2.29. The first-order valence-corrected chi connectivity index (χ1v) is 9.48. The van der Waals surface area contributed by atoms with Gasteiger partial charge in [-0.3, -0.25) is 14.8 Å². The Bertz CT molecular complexity index is 1060. The van der Waals surface area contributed by atoms with E-state index in [2.05, 4.69) is 0 Å². The normalized spacial score (nSPS) is 13.7. The van der Waals surface area contributed by atoms with Gasteiger partial charge < -0.3 is 9.47 Å². The Hall–Kier alpha value is -2.48. The van der Waals surface area contributed by atoms with E-state index in [1.807, 2.05) is 22.8 Å². The second-order valence-corrected chi connectivity index (χ2v) is 7.81. The molecule has 0 saturated carbocycles. The first-order valence-electron chi connectivity index (χ1n) is 8.29. The minimum Gasteiger partial charge on any atom is -0.339 e. The third kappa shape index (κ3) is 3.07. The van der Waals surface area contributed by atoms with Gasteiger partial charge in [0, 0.05) is 46.5 Å². The number of nitrogens with zero attached hydrogens (tertiary/aromatic N) is 2. The number of fused-ring (bicyclic) bond motifs is 3. The average Bonchev–Trinajstić information content (AvgIpc) is 2.98. The molecule has 1 aromatic heterocycles. The van der Waals surface area contributed by atoms with Crippen molar-refractivity contribution < 1.29 is 14.8 Å². The van der Waals surface area contributed by atoms with E-state index in [4.69, 9.17) is 16.8 Å². The zero-order chi connectivity index (χ0) is 19.1. The van der Waals surface area contributed by atoms with Gasteiger partial charge in [0.25, 0.3) is 11.8 Å². The second kappa shape index (κ2) is 6.92. The molecule has 0 unspecified atom stereocenters. The van der Waals surface area contributed by atoms with Crippen LogP contribution in [0.15, 0.2) is 52.3 Å². The van der Waals surface area contributed by atoms with E-state index in [1.54, 1.807) is 41.7 Å². The molecule has 0 aliphatic carbocycles. The van der Waals surface area contributed by atoms with E-state index in [1.165, 1.54) is 11.8 Å². The lowest BCUT2D eigenvalue weighted by atomic mass is 10.2. The van der Waals surface area contributed by atoms with Crippen molar-refractivity contribution in [3.05, 3.63) is 58.7 Å². The lowest BCUT2D eigenvalue weighted by Crippen LogP contribution is -2.37. The number of hydrogen-bond donors (Lipinski definition) is 2. The van der Waals surface area contributed by atoms with Crippen molar-refractivity contribution in [1.82, 2.24) is 14.9 Å². The fourth-order valence-corrected chi connectivity index (χ4v) is 4.48. The summed E-state index contributed by atoms with van der Waals surface area (Å²) >= 11 is 7.67. The summed E-state index contributed by atoms with van der Waals surface area (Å²) in [5, 5.41) is 10.3. The van der Waals surface area contributed by atoms with Gasteiger partial charge in [-0.25, -0.2) is 5.48 Å². The first-order chi connectivity index (χ1) is 13.0. The summed E-state index contributed by atoms with van der Waals surface area (Å²) in [6.07, 6.45) is 0. The SMILES string of the molecule is CN1CCn2c(c(Sc3ccc(C(=O)NO)cc3)c3cc(Cl)ccc32)C1=O. The highest BCUT2D eigenvalue weighted by Crippen LogP contribution is 2.41. The monoisotopic (exact) mass is 401 g/mol. The van der Waals surface area contributed by atoms with Crippen LogP contribution in [0.2, 0.25) is 5.02 Å². The van der Waals surface area contributed by atoms with Crippen molar-refractivity contribution in [2.45, 2.75) is 16.3 Å². The molecule has 27 heavy (non-hydrogen) atoms. The Labute approximate surface area is 164 Å². The Kier molecular flexibility index (Phi) is 4.59. The molecule has 0 atom stereocenters. The molecule has 2 heterocycles. The molecule has 8 heteroatoms. The molecule has 2 aromatic carbocycles. The summed E-state index contributed by atoms with van der Waals surface area (Å²) in [6, 6.07) is 12.5. The second-order valence-electron chi connectivity index (χ2n) is 6.28. The molecule has 0 fully saturated rings. The zero-order valence-electron chi connectivity index (χ0n) is 14.4. The van der Waals surface area contributed by atoms with E-state index >= 15 is 0 Å². The van der Waals surface area contributed by atoms with Crippen molar-refractivity contribution in [2.24, 2.45) is 0 Å². The number of benzene rings is 2. The van der Waals surface area contributed by atoms with Crippen LogP contribution in [0.25, 0.3) is 10.9 Å². The van der Waals surface area contributed by atoms with Gasteiger partial charge in [-0.1, -0.05) is 23.4 Å². The van der Waals surface area contributed by atoms with Crippen LogP contribution in [0.1, 0.15) is 20.8 Å². The maximum atomic E-state index is 12.8. The lowest BCUT2D eigenvalue weighted by Gasteiger charge is -2.25. The largest absolute Gasteiger partial charge is 0.339 e. The highest BCUT2D eigenvalue weighted by atomic mass is 35.5. The molecule has 4 rings (SSSR count). The van der Waals surface area contributed by atoms with E-state index < -0.39 is 5.91 Å². The van der Waals surface area contributed by atoms with Crippen molar-refractivity contribution in [2.75, 3.05) is 13.6 Å². The van der Waals surface area contributed by atoms with Crippen LogP contribution in [0.3, 0.4) is 0 Å². The number of carbonyl (C=O) groups excluding carboxylic acids is 2. The molecular formula is C19H16ClN3O3S. The molecule has 138 valence electrons. The standard InChI is InChI=1S/C19H16ClN3O3S/c1-22-8-9-23-15-7-4-12(20)10-14(15)17(16(23)19(22)25)27-13-5-2-11(3-6-13)18(24)21-26/h2-7,10,26H,8-9H2,1H3,(H,21,24). The molecule has 2 N–H and O–H groups in total. The van der Waals surface area contributed by atoms with Crippen LogP contribution in [0.4, 0.5) is 0 Å². The summed E-state index contributed by atoms with van der Waals surface area (Å²) in [5.41, 5.74) is 3.60. The van der Waals surface area contributed by atoms with Gasteiger partial charge in [0.2, 0.25) is 0 Å². The smallest absolute Gasteiger partial charge is 0.274 e. The molecule has 1 aliphatic rings. The third-order valence-electron chi connectivity index (χ3n) is 4.63. The number of likely N-dealkylation sites (N-methyl/N-ethyl adjacent to an activating group) is 1. The van der Waals surface area contributed by atoms with Crippen molar-refractivity contribution in [3.63, 3.8) is 0 Å². The predicted octanol–water partition coefficient (Wildman–Crippen LogP) is 3.65.